The van der Waals surface area contributed by atoms with E-state index in [1.807, 2.05) is 48.5 Å². The summed E-state index contributed by atoms with van der Waals surface area (Å²) >= 11 is 12.6. The van der Waals surface area contributed by atoms with Crippen molar-refractivity contribution in [3.63, 3.8) is 0 Å². The first-order valence-corrected chi connectivity index (χ1v) is 11.5. The highest BCUT2D eigenvalue weighted by molar-refractivity contribution is 6.33. The maximum absolute atomic E-state index is 13.0. The third kappa shape index (κ3) is 4.47. The molecule has 0 radical (unpaired) electrons. The molecule has 1 N–H and O–H groups in total. The standard InChI is InChI=1S/C27H17Cl2N5O/c28-20-11-9-19(10-12-20)25-22(21-3-1-2-4-24(21)29)15-31-26-23(16-33-34(25)26)27(35)32-14-18-7-5-17(13-30)6-8-18/h1-12,15-16H,14H2,(H,32,35). The molecule has 8 heteroatoms. The molecule has 0 aliphatic heterocycles. The monoisotopic (exact) mass is 497 g/mol. The number of rotatable bonds is 5. The van der Waals surface area contributed by atoms with Gasteiger partial charge in [-0.15, -0.1) is 0 Å². The van der Waals surface area contributed by atoms with Gasteiger partial charge in [-0.1, -0.05) is 65.7 Å². The number of halogens is 2. The molecule has 0 saturated carbocycles. The first-order valence-electron chi connectivity index (χ1n) is 10.7. The number of aromatic nitrogens is 3. The highest BCUT2D eigenvalue weighted by atomic mass is 35.5. The van der Waals surface area contributed by atoms with E-state index in [4.69, 9.17) is 28.5 Å². The molecule has 0 unspecified atom stereocenters. The van der Waals surface area contributed by atoms with Crippen molar-refractivity contribution < 1.29 is 4.79 Å². The number of nitriles is 1. The third-order valence-electron chi connectivity index (χ3n) is 5.59. The molecule has 170 valence electrons. The highest BCUT2D eigenvalue weighted by Gasteiger charge is 2.20. The van der Waals surface area contributed by atoms with Crippen molar-refractivity contribution in [2.24, 2.45) is 0 Å². The number of fused-ring (bicyclic) bond motifs is 1. The van der Waals surface area contributed by atoms with E-state index in [0.717, 1.165) is 27.9 Å². The fourth-order valence-electron chi connectivity index (χ4n) is 3.83. The maximum atomic E-state index is 13.0. The van der Waals surface area contributed by atoms with Gasteiger partial charge in [-0.05, 0) is 35.9 Å². The molecule has 0 atom stereocenters. The summed E-state index contributed by atoms with van der Waals surface area (Å²) in [6.45, 7) is 0.309. The van der Waals surface area contributed by atoms with E-state index in [-0.39, 0.29) is 5.91 Å². The van der Waals surface area contributed by atoms with Crippen LogP contribution in [0.1, 0.15) is 21.5 Å². The van der Waals surface area contributed by atoms with Crippen LogP contribution in [0, 0.1) is 11.3 Å². The lowest BCUT2D eigenvalue weighted by Crippen LogP contribution is -2.22. The number of nitrogens with zero attached hydrogens (tertiary/aromatic N) is 4. The Morgan fingerprint density at radius 2 is 1.69 bits per heavy atom. The van der Waals surface area contributed by atoms with Crippen molar-refractivity contribution in [3.8, 4) is 28.5 Å². The summed E-state index contributed by atoms with van der Waals surface area (Å²) in [6, 6.07) is 24.0. The Bertz CT molecular complexity index is 1590. The Hall–Kier alpha value is -4.18. The van der Waals surface area contributed by atoms with Crippen LogP contribution in [0.4, 0.5) is 0 Å². The molecular weight excluding hydrogens is 481 g/mol. The SMILES string of the molecule is N#Cc1ccc(CNC(=O)c2cnn3c(-c4ccc(Cl)cc4)c(-c4ccccc4Cl)cnc23)cc1. The molecule has 5 rings (SSSR count). The van der Waals surface area contributed by atoms with E-state index < -0.39 is 0 Å². The van der Waals surface area contributed by atoms with Gasteiger partial charge in [-0.2, -0.15) is 10.4 Å². The lowest BCUT2D eigenvalue weighted by Gasteiger charge is -2.13. The molecular formula is C27H17Cl2N5O. The minimum atomic E-state index is -0.301. The molecule has 5 aromatic rings. The van der Waals surface area contributed by atoms with Crippen molar-refractivity contribution in [1.29, 1.82) is 5.26 Å². The van der Waals surface area contributed by atoms with Crippen molar-refractivity contribution in [3.05, 3.63) is 112 Å². The topological polar surface area (TPSA) is 83.1 Å². The number of nitrogens with one attached hydrogen (secondary N) is 1. The Kier molecular flexibility index (Phi) is 6.19. The number of amides is 1. The number of hydrogen-bond donors (Lipinski definition) is 1. The van der Waals surface area contributed by atoms with E-state index in [2.05, 4.69) is 21.5 Å². The van der Waals surface area contributed by atoms with Gasteiger partial charge in [0.15, 0.2) is 5.65 Å². The molecule has 0 aliphatic carbocycles. The minimum absolute atomic E-state index is 0.301. The van der Waals surface area contributed by atoms with Gasteiger partial charge in [-0.3, -0.25) is 4.79 Å². The fraction of sp³-hybridized carbons (Fsp3) is 0.0370. The average Bonchev–Trinajstić information content (AvgIpc) is 3.32. The molecule has 3 aromatic carbocycles. The van der Waals surface area contributed by atoms with Gasteiger partial charge in [0.25, 0.3) is 5.91 Å². The van der Waals surface area contributed by atoms with Crippen LogP contribution in [0.25, 0.3) is 28.0 Å². The summed E-state index contributed by atoms with van der Waals surface area (Å²) in [7, 11) is 0. The van der Waals surface area contributed by atoms with Crippen LogP contribution in [0.5, 0.6) is 0 Å². The summed E-state index contributed by atoms with van der Waals surface area (Å²) in [5.74, 6) is -0.301. The molecule has 0 spiro atoms. The lowest BCUT2D eigenvalue weighted by molar-refractivity contribution is 0.0952. The van der Waals surface area contributed by atoms with Crippen molar-refractivity contribution in [2.45, 2.75) is 6.54 Å². The summed E-state index contributed by atoms with van der Waals surface area (Å²) in [5, 5.41) is 17.6. The van der Waals surface area contributed by atoms with Crippen LogP contribution in [-0.2, 0) is 6.54 Å². The summed E-state index contributed by atoms with van der Waals surface area (Å²) in [6.07, 6.45) is 3.21. The Morgan fingerprint density at radius 1 is 0.943 bits per heavy atom. The van der Waals surface area contributed by atoms with Gasteiger partial charge in [-0.25, -0.2) is 9.50 Å². The molecule has 2 heterocycles. The van der Waals surface area contributed by atoms with Crippen LogP contribution in [0.2, 0.25) is 10.0 Å². The van der Waals surface area contributed by atoms with Crippen LogP contribution < -0.4 is 5.32 Å². The maximum Gasteiger partial charge on any atom is 0.257 e. The predicted molar refractivity (Wildman–Crippen MR) is 136 cm³/mol. The Labute approximate surface area is 211 Å². The second-order valence-electron chi connectivity index (χ2n) is 7.79. The van der Waals surface area contributed by atoms with E-state index in [1.165, 1.54) is 6.20 Å². The van der Waals surface area contributed by atoms with Gasteiger partial charge in [0.05, 0.1) is 23.5 Å². The normalized spacial score (nSPS) is 10.8. The molecule has 1 amide bonds. The minimum Gasteiger partial charge on any atom is -0.348 e. The molecule has 6 nitrogen and oxygen atoms in total. The molecule has 0 aliphatic rings. The number of carbonyl (C=O) groups is 1. The van der Waals surface area contributed by atoms with Crippen LogP contribution >= 0.6 is 23.2 Å². The first kappa shape index (κ1) is 22.6. The highest BCUT2D eigenvalue weighted by Crippen LogP contribution is 2.36. The van der Waals surface area contributed by atoms with Gasteiger partial charge >= 0.3 is 0 Å². The molecule has 0 fully saturated rings. The Balaban J connectivity index is 1.56. The third-order valence-corrected chi connectivity index (χ3v) is 6.17. The van der Waals surface area contributed by atoms with Crippen LogP contribution in [0.15, 0.2) is 85.2 Å². The first-order chi connectivity index (χ1) is 17.0. The molecule has 2 aromatic heterocycles. The summed E-state index contributed by atoms with van der Waals surface area (Å²) < 4.78 is 1.65. The van der Waals surface area contributed by atoms with Gasteiger partial charge in [0, 0.05) is 39.5 Å². The smallest absolute Gasteiger partial charge is 0.257 e. The van der Waals surface area contributed by atoms with E-state index in [9.17, 15) is 4.79 Å². The zero-order valence-corrected chi connectivity index (χ0v) is 19.8. The molecule has 35 heavy (non-hydrogen) atoms. The number of hydrogen-bond acceptors (Lipinski definition) is 4. The fourth-order valence-corrected chi connectivity index (χ4v) is 4.19. The van der Waals surface area contributed by atoms with Crippen molar-refractivity contribution in [1.82, 2.24) is 19.9 Å². The second-order valence-corrected chi connectivity index (χ2v) is 8.64. The van der Waals surface area contributed by atoms with Crippen LogP contribution in [-0.4, -0.2) is 20.5 Å². The number of carbonyl (C=O) groups excluding carboxylic acids is 1. The summed E-state index contributed by atoms with van der Waals surface area (Å²) in [4.78, 5) is 17.6. The average molecular weight is 498 g/mol. The second kappa shape index (κ2) is 9.59. The zero-order valence-electron chi connectivity index (χ0n) is 18.2. The largest absolute Gasteiger partial charge is 0.348 e. The molecule has 0 bridgehead atoms. The van der Waals surface area contributed by atoms with Crippen molar-refractivity contribution >= 4 is 34.8 Å². The van der Waals surface area contributed by atoms with E-state index >= 15 is 0 Å². The van der Waals surface area contributed by atoms with Gasteiger partial charge in [0.2, 0.25) is 0 Å². The lowest BCUT2D eigenvalue weighted by atomic mass is 10.0. The van der Waals surface area contributed by atoms with E-state index in [1.54, 1.807) is 35.0 Å². The van der Waals surface area contributed by atoms with Gasteiger partial charge < -0.3 is 5.32 Å². The van der Waals surface area contributed by atoms with Gasteiger partial charge in [0.1, 0.15) is 5.56 Å². The quantitative estimate of drug-likeness (QED) is 0.314. The summed E-state index contributed by atoms with van der Waals surface area (Å²) in [5.41, 5.74) is 5.38. The predicted octanol–water partition coefficient (Wildman–Crippen LogP) is 6.17. The van der Waals surface area contributed by atoms with Crippen LogP contribution in [0.3, 0.4) is 0 Å². The number of benzene rings is 3. The molecule has 0 saturated heterocycles. The Morgan fingerprint density at radius 3 is 2.40 bits per heavy atom. The van der Waals surface area contributed by atoms with E-state index in [0.29, 0.717) is 33.4 Å². The van der Waals surface area contributed by atoms with Crippen molar-refractivity contribution in [2.75, 3.05) is 0 Å². The zero-order chi connectivity index (χ0) is 24.4.